The Hall–Kier alpha value is -0.150. The summed E-state index contributed by atoms with van der Waals surface area (Å²) in [5.74, 6) is 0.673. The zero-order valence-corrected chi connectivity index (χ0v) is 9.32. The van der Waals surface area contributed by atoms with Gasteiger partial charge in [0.15, 0.2) is 0 Å². The molecule has 0 bridgehead atoms. The largest absolute Gasteiger partial charge is 0.452 e. The molecule has 4 heteroatoms. The van der Waals surface area contributed by atoms with E-state index in [1.807, 2.05) is 13.8 Å². The van der Waals surface area contributed by atoms with Gasteiger partial charge in [-0.2, -0.15) is 0 Å². The number of esters is 1. The highest BCUT2D eigenvalue weighted by atomic mass is 35.5. The molecule has 1 rings (SSSR count). The Morgan fingerprint density at radius 3 is 2.92 bits per heavy atom. The number of hydrogen-bond acceptors (Lipinski definition) is 3. The fraction of sp³-hybridized carbons (Fsp3) is 0.667. The average molecular weight is 221 g/mol. The quantitative estimate of drug-likeness (QED) is 0.538. The molecule has 0 aromatic rings. The lowest BCUT2D eigenvalue weighted by molar-refractivity contribution is -0.138. The third-order valence-electron chi connectivity index (χ3n) is 1.81. The Balaban J connectivity index is 2.65. The molecule has 0 saturated heterocycles. The van der Waals surface area contributed by atoms with Crippen LogP contribution in [0, 0.1) is 0 Å². The Bertz CT molecular complexity index is 228. The molecule has 1 aliphatic rings. The normalized spacial score (nSPS) is 24.1. The second-order valence-corrected chi connectivity index (χ2v) is 4.66. The van der Waals surface area contributed by atoms with Crippen LogP contribution in [0.25, 0.3) is 0 Å². The number of halogens is 1. The monoisotopic (exact) mass is 220 g/mol. The molecule has 0 fully saturated rings. The number of carbonyl (C=O) groups excluding carboxylic acids is 1. The SMILES string of the molecule is CCSC1=CC(=O)O[C@@H]1[C@H](Cl)CC. The molecule has 0 radical (unpaired) electrons. The Labute approximate surface area is 87.7 Å². The van der Waals surface area contributed by atoms with Crippen molar-refractivity contribution >= 4 is 29.3 Å². The lowest BCUT2D eigenvalue weighted by Crippen LogP contribution is -2.22. The first kappa shape index (κ1) is 10.9. The average Bonchev–Trinajstić information content (AvgIpc) is 2.46. The van der Waals surface area contributed by atoms with E-state index in [1.54, 1.807) is 17.8 Å². The first-order valence-electron chi connectivity index (χ1n) is 4.38. The molecule has 13 heavy (non-hydrogen) atoms. The predicted octanol–water partition coefficient (Wildman–Crippen LogP) is 2.57. The third-order valence-corrected chi connectivity index (χ3v) is 3.32. The number of ether oxygens (including phenoxy) is 1. The van der Waals surface area contributed by atoms with Crippen molar-refractivity contribution in [1.82, 2.24) is 0 Å². The zero-order chi connectivity index (χ0) is 9.84. The second kappa shape index (κ2) is 4.91. The van der Waals surface area contributed by atoms with Crippen LogP contribution >= 0.6 is 23.4 Å². The molecule has 0 unspecified atom stereocenters. The van der Waals surface area contributed by atoms with Crippen molar-refractivity contribution in [2.75, 3.05) is 5.75 Å². The molecule has 0 aliphatic carbocycles. The molecule has 0 aromatic heterocycles. The van der Waals surface area contributed by atoms with Crippen molar-refractivity contribution in [3.05, 3.63) is 11.0 Å². The molecule has 0 amide bonds. The zero-order valence-electron chi connectivity index (χ0n) is 7.75. The highest BCUT2D eigenvalue weighted by Gasteiger charge is 2.31. The summed E-state index contributed by atoms with van der Waals surface area (Å²) in [6.07, 6.45) is 2.13. The molecule has 2 atom stereocenters. The summed E-state index contributed by atoms with van der Waals surface area (Å²) in [7, 11) is 0. The minimum absolute atomic E-state index is 0.100. The summed E-state index contributed by atoms with van der Waals surface area (Å²) >= 11 is 7.66. The number of thioether (sulfide) groups is 1. The Kier molecular flexibility index (Phi) is 4.13. The maximum absolute atomic E-state index is 11.0. The third kappa shape index (κ3) is 2.64. The second-order valence-electron chi connectivity index (χ2n) is 2.76. The maximum atomic E-state index is 11.0. The molecular weight excluding hydrogens is 208 g/mol. The van der Waals surface area contributed by atoms with E-state index in [0.717, 1.165) is 17.1 Å². The smallest absolute Gasteiger partial charge is 0.332 e. The van der Waals surface area contributed by atoms with Crippen LogP contribution in [0.4, 0.5) is 0 Å². The molecular formula is C9H13ClO2S. The van der Waals surface area contributed by atoms with Gasteiger partial charge in [-0.25, -0.2) is 4.79 Å². The van der Waals surface area contributed by atoms with Gasteiger partial charge >= 0.3 is 5.97 Å². The van der Waals surface area contributed by atoms with Gasteiger partial charge in [0.2, 0.25) is 0 Å². The minimum Gasteiger partial charge on any atom is -0.452 e. The van der Waals surface area contributed by atoms with E-state index in [9.17, 15) is 4.79 Å². The van der Waals surface area contributed by atoms with Crippen LogP contribution in [0.15, 0.2) is 11.0 Å². The van der Waals surface area contributed by atoms with E-state index < -0.39 is 0 Å². The van der Waals surface area contributed by atoms with Gasteiger partial charge in [0.05, 0.1) is 5.38 Å². The van der Waals surface area contributed by atoms with Crippen molar-refractivity contribution in [3.8, 4) is 0 Å². The number of cyclic esters (lactones) is 1. The summed E-state index contributed by atoms with van der Waals surface area (Å²) in [6, 6.07) is 0. The highest BCUT2D eigenvalue weighted by molar-refractivity contribution is 8.03. The molecule has 0 N–H and O–H groups in total. The van der Waals surface area contributed by atoms with Crippen molar-refractivity contribution in [2.45, 2.75) is 31.7 Å². The van der Waals surface area contributed by atoms with E-state index in [4.69, 9.17) is 16.3 Å². The molecule has 0 saturated carbocycles. The van der Waals surface area contributed by atoms with Gasteiger partial charge in [-0.05, 0) is 12.2 Å². The van der Waals surface area contributed by atoms with Crippen LogP contribution in [-0.2, 0) is 9.53 Å². The lowest BCUT2D eigenvalue weighted by atomic mass is 10.2. The van der Waals surface area contributed by atoms with Crippen LogP contribution in [0.2, 0.25) is 0 Å². The minimum atomic E-state index is -0.264. The molecule has 74 valence electrons. The number of carbonyl (C=O) groups is 1. The fourth-order valence-electron chi connectivity index (χ4n) is 1.17. The summed E-state index contributed by atoms with van der Waals surface area (Å²) < 4.78 is 5.09. The van der Waals surface area contributed by atoms with Gasteiger partial charge in [0, 0.05) is 11.0 Å². The van der Waals surface area contributed by atoms with Crippen molar-refractivity contribution < 1.29 is 9.53 Å². The molecule has 1 heterocycles. The summed E-state index contributed by atoms with van der Waals surface area (Å²) in [4.78, 5) is 12.0. The molecule has 0 aromatic carbocycles. The van der Waals surface area contributed by atoms with Crippen molar-refractivity contribution in [1.29, 1.82) is 0 Å². The summed E-state index contributed by atoms with van der Waals surface area (Å²) in [6.45, 7) is 4.03. The number of alkyl halides is 1. The molecule has 2 nitrogen and oxygen atoms in total. The van der Waals surface area contributed by atoms with Gasteiger partial charge in [-0.3, -0.25) is 0 Å². The number of rotatable bonds is 4. The topological polar surface area (TPSA) is 26.3 Å². The van der Waals surface area contributed by atoms with Gasteiger partial charge < -0.3 is 4.74 Å². The van der Waals surface area contributed by atoms with E-state index in [0.29, 0.717) is 0 Å². The van der Waals surface area contributed by atoms with E-state index >= 15 is 0 Å². The van der Waals surface area contributed by atoms with Crippen LogP contribution in [0.5, 0.6) is 0 Å². The van der Waals surface area contributed by atoms with E-state index in [2.05, 4.69) is 0 Å². The fourth-order valence-corrected chi connectivity index (χ4v) is 2.32. The lowest BCUT2D eigenvalue weighted by Gasteiger charge is -2.17. The molecule has 0 spiro atoms. The standard InChI is InChI=1S/C9H13ClO2S/c1-3-6(10)9-7(13-4-2)5-8(11)12-9/h5-6,9H,3-4H2,1-2H3/t6-,9-/m1/s1. The predicted molar refractivity (Wildman–Crippen MR) is 56.0 cm³/mol. The van der Waals surface area contributed by atoms with Gasteiger partial charge in [-0.15, -0.1) is 23.4 Å². The van der Waals surface area contributed by atoms with Gasteiger partial charge in [0.1, 0.15) is 6.10 Å². The Morgan fingerprint density at radius 2 is 2.38 bits per heavy atom. The van der Waals surface area contributed by atoms with Crippen LogP contribution in [-0.4, -0.2) is 23.2 Å². The van der Waals surface area contributed by atoms with Crippen LogP contribution in [0.3, 0.4) is 0 Å². The molecule has 1 aliphatic heterocycles. The van der Waals surface area contributed by atoms with Crippen LogP contribution < -0.4 is 0 Å². The summed E-state index contributed by atoms with van der Waals surface area (Å²) in [5, 5.41) is -0.100. The maximum Gasteiger partial charge on any atom is 0.332 e. The van der Waals surface area contributed by atoms with E-state index in [-0.39, 0.29) is 17.5 Å². The first-order valence-corrected chi connectivity index (χ1v) is 5.80. The van der Waals surface area contributed by atoms with Crippen molar-refractivity contribution in [3.63, 3.8) is 0 Å². The first-order chi connectivity index (χ1) is 6.19. The van der Waals surface area contributed by atoms with Crippen LogP contribution in [0.1, 0.15) is 20.3 Å². The van der Waals surface area contributed by atoms with Gasteiger partial charge in [-0.1, -0.05) is 13.8 Å². The summed E-state index contributed by atoms with van der Waals surface area (Å²) in [5.41, 5.74) is 0. The van der Waals surface area contributed by atoms with Gasteiger partial charge in [0.25, 0.3) is 0 Å². The number of hydrogen-bond donors (Lipinski definition) is 0. The van der Waals surface area contributed by atoms with Crippen molar-refractivity contribution in [2.24, 2.45) is 0 Å². The Morgan fingerprint density at radius 1 is 1.69 bits per heavy atom. The van der Waals surface area contributed by atoms with E-state index in [1.165, 1.54) is 0 Å². The highest BCUT2D eigenvalue weighted by Crippen LogP contribution is 2.31.